The highest BCUT2D eigenvalue weighted by atomic mass is 16.8. The van der Waals surface area contributed by atoms with E-state index < -0.39 is 124 Å². The Bertz CT molecular complexity index is 1400. The number of nitrogens with one attached hydrogen (secondary N) is 1. The molecule has 3 aliphatic heterocycles. The first-order chi connectivity index (χ1) is 36.8. The van der Waals surface area contributed by atoms with Crippen LogP contribution in [-0.2, 0) is 33.2 Å². The van der Waals surface area contributed by atoms with E-state index in [9.17, 15) is 61.0 Å². The van der Waals surface area contributed by atoms with Gasteiger partial charge in [0.1, 0.15) is 73.2 Å². The van der Waals surface area contributed by atoms with E-state index in [1.165, 1.54) is 135 Å². The first-order valence-corrected chi connectivity index (χ1v) is 30.3. The Hall–Kier alpha value is -1.21. The molecule has 3 rings (SSSR count). The third kappa shape index (κ3) is 25.7. The molecule has 76 heavy (non-hydrogen) atoms. The largest absolute Gasteiger partial charge is 0.394 e. The first kappa shape index (κ1) is 69.1. The summed E-state index contributed by atoms with van der Waals surface area (Å²) in [6.45, 7) is 1.73. The van der Waals surface area contributed by atoms with Gasteiger partial charge in [-0.25, -0.2) is 0 Å². The number of hydrogen-bond acceptors (Lipinski definition) is 18. The number of carbonyl (C=O) groups is 1. The van der Waals surface area contributed by atoms with Crippen LogP contribution >= 0.6 is 0 Å². The van der Waals surface area contributed by atoms with Gasteiger partial charge in [-0.2, -0.15) is 0 Å². The Morgan fingerprint density at radius 3 is 1.14 bits per heavy atom. The fourth-order valence-corrected chi connectivity index (χ4v) is 10.7. The maximum absolute atomic E-state index is 13.1. The molecule has 19 heteroatoms. The highest BCUT2D eigenvalue weighted by molar-refractivity contribution is 5.76. The summed E-state index contributed by atoms with van der Waals surface area (Å²) >= 11 is 0. The van der Waals surface area contributed by atoms with E-state index in [1.807, 2.05) is 0 Å². The molecule has 0 bridgehead atoms. The molecular formula is C57H109NO18. The smallest absolute Gasteiger partial charge is 0.220 e. The summed E-state index contributed by atoms with van der Waals surface area (Å²) in [7, 11) is 0. The Kier molecular flexibility index (Phi) is 37.9. The quantitative estimate of drug-likeness (QED) is 0.0348. The van der Waals surface area contributed by atoms with Gasteiger partial charge in [-0.1, -0.05) is 206 Å². The molecule has 0 aromatic carbocycles. The highest BCUT2D eigenvalue weighted by Gasteiger charge is 2.53. The lowest BCUT2D eigenvalue weighted by atomic mass is 9.96. The van der Waals surface area contributed by atoms with E-state index in [0.717, 1.165) is 57.8 Å². The Balaban J connectivity index is 1.39. The molecule has 0 aromatic rings. The molecule has 450 valence electrons. The van der Waals surface area contributed by atoms with Crippen LogP contribution in [0, 0.1) is 0 Å². The van der Waals surface area contributed by atoms with Crippen molar-refractivity contribution in [1.82, 2.24) is 5.32 Å². The van der Waals surface area contributed by atoms with Crippen LogP contribution in [0.2, 0.25) is 0 Å². The van der Waals surface area contributed by atoms with Gasteiger partial charge in [0.05, 0.1) is 38.6 Å². The molecule has 12 N–H and O–H groups in total. The van der Waals surface area contributed by atoms with Gasteiger partial charge < -0.3 is 89.9 Å². The second kappa shape index (κ2) is 41.7. The number of ether oxygens (including phenoxy) is 6. The van der Waals surface area contributed by atoms with E-state index in [2.05, 4.69) is 19.2 Å². The van der Waals surface area contributed by atoms with Crippen molar-refractivity contribution in [1.29, 1.82) is 0 Å². The fraction of sp³-hybridized carbons (Fsp3) is 0.982. The molecule has 17 atom stereocenters. The molecule has 3 aliphatic rings. The zero-order valence-electron chi connectivity index (χ0n) is 46.8. The summed E-state index contributed by atoms with van der Waals surface area (Å²) in [5.41, 5.74) is 0. The molecule has 0 spiro atoms. The summed E-state index contributed by atoms with van der Waals surface area (Å²) in [4.78, 5) is 13.1. The third-order valence-corrected chi connectivity index (χ3v) is 15.7. The standard InChI is InChI=1S/C57H109NO18/c1-3-5-7-9-11-12-13-14-15-16-17-18-19-20-21-22-23-24-25-26-27-28-29-30-32-34-41(62)40(58-45(63)35-33-31-10-8-6-4-2)39-71-55-51(69)48(66)53(43(37-60)73-55)76-57-52(70)49(67)54(44(38-61)74-57)75-56-50(68)47(65)46(64)42(36-59)72-56/h40-44,46-57,59-62,64-70H,3-39H2,1-2H3,(H,58,63). The molecule has 1 amide bonds. The Labute approximate surface area is 455 Å². The number of unbranched alkanes of at least 4 members (excludes halogenated alkanes) is 29. The molecule has 17 unspecified atom stereocenters. The number of aliphatic hydroxyl groups excluding tert-OH is 11. The van der Waals surface area contributed by atoms with Crippen molar-refractivity contribution in [3.8, 4) is 0 Å². The van der Waals surface area contributed by atoms with Crippen LogP contribution in [0.3, 0.4) is 0 Å². The number of rotatable bonds is 45. The predicted octanol–water partition coefficient (Wildman–Crippen LogP) is 5.21. The average Bonchev–Trinajstić information content (AvgIpc) is 3.42. The van der Waals surface area contributed by atoms with Gasteiger partial charge in [0, 0.05) is 6.42 Å². The summed E-state index contributed by atoms with van der Waals surface area (Å²) in [5.74, 6) is -0.250. The summed E-state index contributed by atoms with van der Waals surface area (Å²) < 4.78 is 34.2. The van der Waals surface area contributed by atoms with Crippen molar-refractivity contribution in [3.63, 3.8) is 0 Å². The van der Waals surface area contributed by atoms with Crippen LogP contribution < -0.4 is 5.32 Å². The zero-order valence-corrected chi connectivity index (χ0v) is 46.8. The number of carbonyl (C=O) groups excluding carboxylic acids is 1. The lowest BCUT2D eigenvalue weighted by molar-refractivity contribution is -0.379. The van der Waals surface area contributed by atoms with Crippen molar-refractivity contribution in [2.75, 3.05) is 26.4 Å². The van der Waals surface area contributed by atoms with Crippen LogP contribution in [0.4, 0.5) is 0 Å². The maximum Gasteiger partial charge on any atom is 0.220 e. The average molecular weight is 1100 g/mol. The molecule has 0 aliphatic carbocycles. The Morgan fingerprint density at radius 1 is 0.421 bits per heavy atom. The van der Waals surface area contributed by atoms with Crippen LogP contribution in [0.1, 0.15) is 226 Å². The second-order valence-electron chi connectivity index (χ2n) is 22.2. The van der Waals surface area contributed by atoms with Gasteiger partial charge in [-0.15, -0.1) is 0 Å². The van der Waals surface area contributed by atoms with Crippen molar-refractivity contribution >= 4 is 5.91 Å². The lowest BCUT2D eigenvalue weighted by Gasteiger charge is -2.48. The first-order valence-electron chi connectivity index (χ1n) is 30.3. The zero-order chi connectivity index (χ0) is 55.5. The predicted molar refractivity (Wildman–Crippen MR) is 287 cm³/mol. The summed E-state index contributed by atoms with van der Waals surface area (Å²) in [6, 6.07) is -0.878. The summed E-state index contributed by atoms with van der Waals surface area (Å²) in [5, 5.41) is 120. The molecule has 3 saturated heterocycles. The van der Waals surface area contributed by atoms with Crippen LogP contribution in [0.25, 0.3) is 0 Å². The van der Waals surface area contributed by atoms with E-state index in [1.54, 1.807) is 0 Å². The van der Waals surface area contributed by atoms with Crippen LogP contribution in [0.15, 0.2) is 0 Å². The fourth-order valence-electron chi connectivity index (χ4n) is 10.7. The molecule has 19 nitrogen and oxygen atoms in total. The van der Waals surface area contributed by atoms with E-state index in [-0.39, 0.29) is 18.9 Å². The van der Waals surface area contributed by atoms with Gasteiger partial charge in [-0.3, -0.25) is 4.79 Å². The van der Waals surface area contributed by atoms with E-state index in [4.69, 9.17) is 28.4 Å². The Morgan fingerprint density at radius 2 is 0.750 bits per heavy atom. The topological polar surface area (TPSA) is 307 Å². The van der Waals surface area contributed by atoms with Crippen LogP contribution in [0.5, 0.6) is 0 Å². The SMILES string of the molecule is CCCCCCCCCCCCCCCCCCCCCCCCCCCC(O)C(COC1OC(CO)C(OC2OC(CO)C(OC3OC(CO)C(O)C(O)C3O)C(O)C2O)C(O)C1O)NC(=O)CCCCCCCC. The molecule has 0 radical (unpaired) electrons. The second-order valence-corrected chi connectivity index (χ2v) is 22.2. The van der Waals surface area contributed by atoms with Crippen molar-refractivity contribution in [2.24, 2.45) is 0 Å². The molecular weight excluding hydrogens is 987 g/mol. The van der Waals surface area contributed by atoms with E-state index in [0.29, 0.717) is 12.8 Å². The minimum absolute atomic E-state index is 0.250. The lowest BCUT2D eigenvalue weighted by Crippen LogP contribution is -2.66. The van der Waals surface area contributed by atoms with Gasteiger partial charge in [-0.05, 0) is 12.8 Å². The molecule has 3 heterocycles. The third-order valence-electron chi connectivity index (χ3n) is 15.7. The number of amides is 1. The minimum atomic E-state index is -1.97. The van der Waals surface area contributed by atoms with Gasteiger partial charge in [0.15, 0.2) is 18.9 Å². The minimum Gasteiger partial charge on any atom is -0.394 e. The number of aliphatic hydroxyl groups is 11. The highest BCUT2D eigenvalue weighted by Crippen LogP contribution is 2.33. The van der Waals surface area contributed by atoms with E-state index >= 15 is 0 Å². The number of hydrogen-bond donors (Lipinski definition) is 12. The van der Waals surface area contributed by atoms with Crippen molar-refractivity contribution in [2.45, 2.75) is 330 Å². The van der Waals surface area contributed by atoms with Gasteiger partial charge >= 0.3 is 0 Å². The normalized spacial score (nSPS) is 30.9. The van der Waals surface area contributed by atoms with Crippen molar-refractivity contribution < 1.29 is 89.4 Å². The monoisotopic (exact) mass is 1100 g/mol. The molecule has 0 saturated carbocycles. The van der Waals surface area contributed by atoms with Gasteiger partial charge in [0.2, 0.25) is 5.91 Å². The molecule has 0 aromatic heterocycles. The summed E-state index contributed by atoms with van der Waals surface area (Å²) in [6.07, 6.45) is 12.6. The van der Waals surface area contributed by atoms with Crippen molar-refractivity contribution in [3.05, 3.63) is 0 Å². The molecule has 3 fully saturated rings. The van der Waals surface area contributed by atoms with Gasteiger partial charge in [0.25, 0.3) is 0 Å². The maximum atomic E-state index is 13.1. The van der Waals surface area contributed by atoms with Crippen LogP contribution in [-0.4, -0.2) is 193 Å².